The lowest BCUT2D eigenvalue weighted by atomic mass is 10.1. The normalized spacial score (nSPS) is 10.5. The summed E-state index contributed by atoms with van der Waals surface area (Å²) in [4.78, 5) is 25.9. The Labute approximate surface area is 155 Å². The number of hydrogen-bond donors (Lipinski definition) is 1. The van der Waals surface area contributed by atoms with Gasteiger partial charge in [-0.15, -0.1) is 0 Å². The number of anilines is 1. The van der Waals surface area contributed by atoms with Crippen LogP contribution in [0.4, 0.5) is 5.69 Å². The highest BCUT2D eigenvalue weighted by molar-refractivity contribution is 5.95. The monoisotopic (exact) mass is 354 g/mol. The molecule has 0 saturated heterocycles. The molecule has 2 rings (SSSR count). The van der Waals surface area contributed by atoms with E-state index in [-0.39, 0.29) is 24.5 Å². The average Bonchev–Trinajstić information content (AvgIpc) is 2.55. The third-order valence-corrected chi connectivity index (χ3v) is 3.76. The zero-order valence-electron chi connectivity index (χ0n) is 15.8. The predicted molar refractivity (Wildman–Crippen MR) is 103 cm³/mol. The van der Waals surface area contributed by atoms with E-state index < -0.39 is 0 Å². The Morgan fingerprint density at radius 2 is 1.85 bits per heavy atom. The second-order valence-corrected chi connectivity index (χ2v) is 6.58. The minimum absolute atomic E-state index is 0.00286. The fourth-order valence-corrected chi connectivity index (χ4v) is 2.60. The summed E-state index contributed by atoms with van der Waals surface area (Å²) >= 11 is 0. The van der Waals surface area contributed by atoms with Crippen molar-refractivity contribution < 1.29 is 14.3 Å². The molecule has 2 amide bonds. The summed E-state index contributed by atoms with van der Waals surface area (Å²) in [7, 11) is 0. The fourth-order valence-electron chi connectivity index (χ4n) is 2.60. The minimum atomic E-state index is -0.257. The van der Waals surface area contributed by atoms with Crippen molar-refractivity contribution in [3.8, 4) is 5.75 Å². The van der Waals surface area contributed by atoms with Gasteiger partial charge >= 0.3 is 0 Å². The van der Waals surface area contributed by atoms with Crippen molar-refractivity contribution in [3.63, 3.8) is 0 Å². The van der Waals surface area contributed by atoms with E-state index in [9.17, 15) is 9.59 Å². The molecule has 26 heavy (non-hydrogen) atoms. The number of aryl methyl sites for hydroxylation is 1. The molecule has 0 bridgehead atoms. The molecule has 2 aromatic rings. The summed E-state index contributed by atoms with van der Waals surface area (Å²) in [6.07, 6.45) is 0.00286. The van der Waals surface area contributed by atoms with Gasteiger partial charge in [0.25, 0.3) is 0 Å². The van der Waals surface area contributed by atoms with Crippen molar-refractivity contribution in [2.24, 2.45) is 0 Å². The van der Waals surface area contributed by atoms with Crippen LogP contribution in [0.15, 0.2) is 48.5 Å². The maximum Gasteiger partial charge on any atom is 0.244 e. The molecule has 0 radical (unpaired) electrons. The van der Waals surface area contributed by atoms with Crippen LogP contribution in [0.5, 0.6) is 5.75 Å². The molecule has 5 heteroatoms. The SMILES string of the molecule is CC(=O)N(CC(=O)Nc1ccccc1OC(C)C)Cc1cccc(C)c1. The van der Waals surface area contributed by atoms with Gasteiger partial charge in [0, 0.05) is 13.5 Å². The van der Waals surface area contributed by atoms with E-state index in [1.165, 1.54) is 11.8 Å². The molecule has 0 atom stereocenters. The second-order valence-electron chi connectivity index (χ2n) is 6.58. The van der Waals surface area contributed by atoms with E-state index in [1.54, 1.807) is 6.07 Å². The molecule has 1 N–H and O–H groups in total. The van der Waals surface area contributed by atoms with Gasteiger partial charge in [-0.25, -0.2) is 0 Å². The molecule has 0 unspecified atom stereocenters. The third-order valence-electron chi connectivity index (χ3n) is 3.76. The zero-order valence-corrected chi connectivity index (χ0v) is 15.8. The quantitative estimate of drug-likeness (QED) is 0.823. The first-order valence-corrected chi connectivity index (χ1v) is 8.71. The number of benzene rings is 2. The van der Waals surface area contributed by atoms with E-state index in [2.05, 4.69) is 5.32 Å². The molecule has 0 aliphatic rings. The molecule has 0 saturated carbocycles. The van der Waals surface area contributed by atoms with Gasteiger partial charge in [0.15, 0.2) is 0 Å². The molecule has 0 aliphatic heterocycles. The van der Waals surface area contributed by atoms with Crippen LogP contribution in [0, 0.1) is 6.92 Å². The lowest BCUT2D eigenvalue weighted by Gasteiger charge is -2.21. The molecule has 2 aromatic carbocycles. The maximum absolute atomic E-state index is 12.5. The number of nitrogens with zero attached hydrogens (tertiary/aromatic N) is 1. The van der Waals surface area contributed by atoms with Gasteiger partial charge in [-0.3, -0.25) is 9.59 Å². The highest BCUT2D eigenvalue weighted by Crippen LogP contribution is 2.24. The first-order chi connectivity index (χ1) is 12.3. The van der Waals surface area contributed by atoms with E-state index in [1.807, 2.05) is 63.2 Å². The van der Waals surface area contributed by atoms with Gasteiger partial charge in [0.1, 0.15) is 12.3 Å². The Kier molecular flexibility index (Phi) is 6.78. The molecule has 5 nitrogen and oxygen atoms in total. The van der Waals surface area contributed by atoms with Crippen molar-refractivity contribution in [2.45, 2.75) is 40.3 Å². The Morgan fingerprint density at radius 1 is 1.12 bits per heavy atom. The van der Waals surface area contributed by atoms with E-state index in [0.717, 1.165) is 11.1 Å². The van der Waals surface area contributed by atoms with Crippen LogP contribution >= 0.6 is 0 Å². The van der Waals surface area contributed by atoms with Gasteiger partial charge in [-0.2, -0.15) is 0 Å². The minimum Gasteiger partial charge on any atom is -0.489 e. The Hall–Kier alpha value is -2.82. The lowest BCUT2D eigenvalue weighted by Crippen LogP contribution is -2.36. The van der Waals surface area contributed by atoms with E-state index in [0.29, 0.717) is 18.0 Å². The van der Waals surface area contributed by atoms with Crippen molar-refractivity contribution in [1.29, 1.82) is 0 Å². The van der Waals surface area contributed by atoms with Crippen LogP contribution in [-0.2, 0) is 16.1 Å². The second kappa shape index (κ2) is 9.04. The largest absolute Gasteiger partial charge is 0.489 e. The average molecular weight is 354 g/mol. The Morgan fingerprint density at radius 3 is 2.50 bits per heavy atom. The van der Waals surface area contributed by atoms with E-state index in [4.69, 9.17) is 4.74 Å². The lowest BCUT2D eigenvalue weighted by molar-refractivity contribution is -0.133. The first kappa shape index (κ1) is 19.5. The third kappa shape index (κ3) is 5.92. The number of nitrogens with one attached hydrogen (secondary N) is 1. The van der Waals surface area contributed by atoms with E-state index >= 15 is 0 Å². The standard InChI is InChI=1S/C21H26N2O3/c1-15(2)26-20-11-6-5-10-19(20)22-21(25)14-23(17(4)24)13-18-9-7-8-16(3)12-18/h5-12,15H,13-14H2,1-4H3,(H,22,25). The molecule has 0 aliphatic carbocycles. The van der Waals surface area contributed by atoms with Gasteiger partial charge < -0.3 is 15.0 Å². The molecule has 0 spiro atoms. The fraction of sp³-hybridized carbons (Fsp3) is 0.333. The number of para-hydroxylation sites is 2. The molecule has 0 heterocycles. The molecule has 138 valence electrons. The number of hydrogen-bond acceptors (Lipinski definition) is 3. The summed E-state index contributed by atoms with van der Waals surface area (Å²) in [6.45, 7) is 7.71. The first-order valence-electron chi connectivity index (χ1n) is 8.71. The molecule has 0 aromatic heterocycles. The van der Waals surface area contributed by atoms with Crippen molar-refractivity contribution in [3.05, 3.63) is 59.7 Å². The topological polar surface area (TPSA) is 58.6 Å². The Balaban J connectivity index is 2.05. The summed E-state index contributed by atoms with van der Waals surface area (Å²) in [5.74, 6) is 0.213. The van der Waals surface area contributed by atoms with Gasteiger partial charge in [-0.1, -0.05) is 42.0 Å². The highest BCUT2D eigenvalue weighted by atomic mass is 16.5. The number of amides is 2. The molecule has 0 fully saturated rings. The maximum atomic E-state index is 12.5. The van der Waals surface area contributed by atoms with Crippen LogP contribution in [0.1, 0.15) is 31.9 Å². The number of carbonyl (C=O) groups is 2. The van der Waals surface area contributed by atoms with Crippen LogP contribution in [0.3, 0.4) is 0 Å². The number of ether oxygens (including phenoxy) is 1. The van der Waals surface area contributed by atoms with Crippen molar-refractivity contribution >= 4 is 17.5 Å². The van der Waals surface area contributed by atoms with Gasteiger partial charge in [-0.05, 0) is 38.5 Å². The molecular formula is C21H26N2O3. The van der Waals surface area contributed by atoms with Crippen LogP contribution in [0.2, 0.25) is 0 Å². The predicted octanol–water partition coefficient (Wildman–Crippen LogP) is 3.77. The summed E-state index contributed by atoms with van der Waals surface area (Å²) < 4.78 is 5.71. The zero-order chi connectivity index (χ0) is 19.1. The molecular weight excluding hydrogens is 328 g/mol. The van der Waals surface area contributed by atoms with Crippen molar-refractivity contribution in [1.82, 2.24) is 4.90 Å². The van der Waals surface area contributed by atoms with Crippen LogP contribution in [-0.4, -0.2) is 29.4 Å². The Bertz CT molecular complexity index is 771. The van der Waals surface area contributed by atoms with Gasteiger partial charge in [0.2, 0.25) is 11.8 Å². The number of carbonyl (C=O) groups excluding carboxylic acids is 2. The summed E-state index contributed by atoms with van der Waals surface area (Å²) in [6, 6.07) is 15.2. The smallest absolute Gasteiger partial charge is 0.244 e. The number of rotatable bonds is 7. The summed E-state index contributed by atoms with van der Waals surface area (Å²) in [5.41, 5.74) is 2.72. The van der Waals surface area contributed by atoms with Crippen LogP contribution in [0.25, 0.3) is 0 Å². The van der Waals surface area contributed by atoms with Crippen LogP contribution < -0.4 is 10.1 Å². The summed E-state index contributed by atoms with van der Waals surface area (Å²) in [5, 5.41) is 2.84. The highest BCUT2D eigenvalue weighted by Gasteiger charge is 2.16. The van der Waals surface area contributed by atoms with Crippen molar-refractivity contribution in [2.75, 3.05) is 11.9 Å². The van der Waals surface area contributed by atoms with Gasteiger partial charge in [0.05, 0.1) is 11.8 Å².